The largest absolute Gasteiger partial charge is 0.219 e. The molecular weight excluding hydrogens is 325 g/mol. The topological polar surface area (TPSA) is 30.7 Å². The zero-order chi connectivity index (χ0) is 12.4. The maximum Gasteiger partial charge on any atom is 0.101 e. The predicted octanol–water partition coefficient (Wildman–Crippen LogP) is 4.37. The van der Waals surface area contributed by atoms with Crippen LogP contribution in [0.1, 0.15) is 24.4 Å². The van der Waals surface area contributed by atoms with E-state index in [1.54, 1.807) is 10.9 Å². The van der Waals surface area contributed by atoms with Crippen molar-refractivity contribution in [3.8, 4) is 5.69 Å². The Morgan fingerprint density at radius 2 is 2.24 bits per heavy atom. The molecule has 0 saturated carbocycles. The first-order chi connectivity index (χ1) is 8.11. The van der Waals surface area contributed by atoms with Gasteiger partial charge in [-0.2, -0.15) is 0 Å². The fourth-order valence-electron chi connectivity index (χ4n) is 1.41. The maximum absolute atomic E-state index is 6.14. The molecule has 2 rings (SSSR count). The lowest BCUT2D eigenvalue weighted by atomic mass is 10.2. The van der Waals surface area contributed by atoms with E-state index in [0.29, 0.717) is 5.02 Å². The van der Waals surface area contributed by atoms with Gasteiger partial charge in [0.1, 0.15) is 5.69 Å². The van der Waals surface area contributed by atoms with E-state index in [-0.39, 0.29) is 5.38 Å². The van der Waals surface area contributed by atoms with Crippen LogP contribution in [0.5, 0.6) is 0 Å². The van der Waals surface area contributed by atoms with Crippen molar-refractivity contribution in [1.82, 2.24) is 15.0 Å². The zero-order valence-corrected chi connectivity index (χ0v) is 12.2. The first-order valence-corrected chi connectivity index (χ1v) is 6.74. The Balaban J connectivity index is 2.37. The van der Waals surface area contributed by atoms with Crippen LogP contribution in [0.25, 0.3) is 5.69 Å². The molecule has 0 saturated heterocycles. The van der Waals surface area contributed by atoms with Crippen LogP contribution in [0.3, 0.4) is 0 Å². The summed E-state index contributed by atoms with van der Waals surface area (Å²) in [7, 11) is 0. The van der Waals surface area contributed by atoms with Crippen molar-refractivity contribution in [2.24, 2.45) is 0 Å². The van der Waals surface area contributed by atoms with Crippen LogP contribution in [0.15, 0.2) is 28.9 Å². The van der Waals surface area contributed by atoms with Crippen LogP contribution in [-0.2, 0) is 0 Å². The van der Waals surface area contributed by atoms with E-state index in [4.69, 9.17) is 23.2 Å². The van der Waals surface area contributed by atoms with Crippen LogP contribution in [-0.4, -0.2) is 15.0 Å². The molecule has 0 amide bonds. The minimum absolute atomic E-state index is 0.113. The van der Waals surface area contributed by atoms with Gasteiger partial charge in [0, 0.05) is 4.47 Å². The van der Waals surface area contributed by atoms with Gasteiger partial charge in [-0.1, -0.05) is 39.7 Å². The van der Waals surface area contributed by atoms with E-state index in [0.717, 1.165) is 22.3 Å². The van der Waals surface area contributed by atoms with Crippen LogP contribution in [0.2, 0.25) is 5.02 Å². The molecule has 0 spiro atoms. The number of aromatic nitrogens is 3. The molecule has 0 aliphatic carbocycles. The molecule has 0 N–H and O–H groups in total. The van der Waals surface area contributed by atoms with E-state index >= 15 is 0 Å². The van der Waals surface area contributed by atoms with Crippen molar-refractivity contribution in [3.63, 3.8) is 0 Å². The molecular formula is C11H10BrCl2N3. The Morgan fingerprint density at radius 3 is 2.88 bits per heavy atom. The molecule has 0 aliphatic rings. The molecule has 6 heteroatoms. The number of hydrogen-bond donors (Lipinski definition) is 0. The fraction of sp³-hybridized carbons (Fsp3) is 0.273. The fourth-order valence-corrected chi connectivity index (χ4v) is 2.27. The zero-order valence-electron chi connectivity index (χ0n) is 9.07. The molecule has 0 radical (unpaired) electrons. The SMILES string of the molecule is CCC(Cl)c1cn(-c2ccc(Br)cc2Cl)nn1. The van der Waals surface area contributed by atoms with Gasteiger partial charge in [0.15, 0.2) is 0 Å². The lowest BCUT2D eigenvalue weighted by Crippen LogP contribution is -1.95. The van der Waals surface area contributed by atoms with E-state index in [1.807, 2.05) is 25.1 Å². The van der Waals surface area contributed by atoms with Crippen molar-refractivity contribution >= 4 is 39.1 Å². The van der Waals surface area contributed by atoms with Gasteiger partial charge in [0.25, 0.3) is 0 Å². The first kappa shape index (κ1) is 12.9. The Labute approximate surface area is 118 Å². The third-order valence-electron chi connectivity index (χ3n) is 2.35. The Kier molecular flexibility index (Phi) is 4.07. The van der Waals surface area contributed by atoms with Gasteiger partial charge in [-0.05, 0) is 24.6 Å². The number of benzene rings is 1. The molecule has 1 aromatic heterocycles. The summed E-state index contributed by atoms with van der Waals surface area (Å²) in [6.07, 6.45) is 2.62. The third kappa shape index (κ3) is 2.81. The van der Waals surface area contributed by atoms with Crippen molar-refractivity contribution in [3.05, 3.63) is 39.6 Å². The molecule has 1 heterocycles. The van der Waals surface area contributed by atoms with E-state index < -0.39 is 0 Å². The van der Waals surface area contributed by atoms with Gasteiger partial charge in [-0.15, -0.1) is 16.7 Å². The van der Waals surface area contributed by atoms with Crippen LogP contribution in [0, 0.1) is 0 Å². The smallest absolute Gasteiger partial charge is 0.101 e. The van der Waals surface area contributed by atoms with Gasteiger partial charge in [0.05, 0.1) is 22.3 Å². The Hall–Kier alpha value is -0.580. The number of nitrogens with zero attached hydrogens (tertiary/aromatic N) is 3. The quantitative estimate of drug-likeness (QED) is 0.780. The molecule has 0 bridgehead atoms. The van der Waals surface area contributed by atoms with Crippen molar-refractivity contribution < 1.29 is 0 Å². The summed E-state index contributed by atoms with van der Waals surface area (Å²) in [6, 6.07) is 5.59. The van der Waals surface area contributed by atoms with Crippen molar-refractivity contribution in [2.75, 3.05) is 0 Å². The molecule has 3 nitrogen and oxygen atoms in total. The average molecular weight is 335 g/mol. The lowest BCUT2D eigenvalue weighted by Gasteiger charge is -2.03. The van der Waals surface area contributed by atoms with Gasteiger partial charge in [-0.25, -0.2) is 4.68 Å². The van der Waals surface area contributed by atoms with Crippen LogP contribution < -0.4 is 0 Å². The van der Waals surface area contributed by atoms with Crippen LogP contribution in [0.4, 0.5) is 0 Å². The van der Waals surface area contributed by atoms with E-state index in [1.165, 1.54) is 0 Å². The lowest BCUT2D eigenvalue weighted by molar-refractivity contribution is 0.786. The van der Waals surface area contributed by atoms with Gasteiger partial charge in [-0.3, -0.25) is 0 Å². The van der Waals surface area contributed by atoms with Crippen LogP contribution >= 0.6 is 39.1 Å². The average Bonchev–Trinajstić information content (AvgIpc) is 2.77. The van der Waals surface area contributed by atoms with E-state index in [2.05, 4.69) is 26.2 Å². The molecule has 1 atom stereocenters. The molecule has 2 aromatic rings. The number of hydrogen-bond acceptors (Lipinski definition) is 2. The molecule has 0 fully saturated rings. The standard InChI is InChI=1S/C11H10BrCl2N3/c1-2-8(13)10-6-17(16-15-10)11-4-3-7(12)5-9(11)14/h3-6,8H,2H2,1H3. The summed E-state index contributed by atoms with van der Waals surface area (Å²) in [5, 5.41) is 8.56. The number of alkyl halides is 1. The Bertz CT molecular complexity index is 527. The van der Waals surface area contributed by atoms with Gasteiger partial charge < -0.3 is 0 Å². The second kappa shape index (κ2) is 5.38. The summed E-state index contributed by atoms with van der Waals surface area (Å²) in [6.45, 7) is 2.00. The summed E-state index contributed by atoms with van der Waals surface area (Å²) >= 11 is 15.6. The van der Waals surface area contributed by atoms with Gasteiger partial charge >= 0.3 is 0 Å². The summed E-state index contributed by atoms with van der Waals surface area (Å²) in [5.74, 6) is 0. The van der Waals surface area contributed by atoms with E-state index in [9.17, 15) is 0 Å². The highest BCUT2D eigenvalue weighted by Gasteiger charge is 2.12. The molecule has 17 heavy (non-hydrogen) atoms. The summed E-state index contributed by atoms with van der Waals surface area (Å²) in [5.41, 5.74) is 1.54. The molecule has 1 unspecified atom stereocenters. The minimum atomic E-state index is -0.113. The highest BCUT2D eigenvalue weighted by Crippen LogP contribution is 2.26. The maximum atomic E-state index is 6.14. The molecule has 90 valence electrons. The summed E-state index contributed by atoms with van der Waals surface area (Å²) < 4.78 is 2.56. The molecule has 0 aliphatic heterocycles. The van der Waals surface area contributed by atoms with Crippen molar-refractivity contribution in [2.45, 2.75) is 18.7 Å². The Morgan fingerprint density at radius 1 is 1.47 bits per heavy atom. The number of rotatable bonds is 3. The predicted molar refractivity (Wildman–Crippen MR) is 73.0 cm³/mol. The highest BCUT2D eigenvalue weighted by molar-refractivity contribution is 9.10. The normalized spacial score (nSPS) is 12.7. The third-order valence-corrected chi connectivity index (χ3v) is 3.68. The summed E-state index contributed by atoms with van der Waals surface area (Å²) in [4.78, 5) is 0. The second-order valence-corrected chi connectivity index (χ2v) is 5.41. The highest BCUT2D eigenvalue weighted by atomic mass is 79.9. The van der Waals surface area contributed by atoms with Crippen molar-refractivity contribution in [1.29, 1.82) is 0 Å². The monoisotopic (exact) mass is 333 g/mol. The second-order valence-electron chi connectivity index (χ2n) is 3.56. The van der Waals surface area contributed by atoms with Gasteiger partial charge in [0.2, 0.25) is 0 Å². The molecule has 1 aromatic carbocycles. The minimum Gasteiger partial charge on any atom is -0.219 e. The number of halogens is 3. The first-order valence-electron chi connectivity index (χ1n) is 5.13.